The van der Waals surface area contributed by atoms with E-state index in [1.165, 1.54) is 0 Å². The number of hydrogen-bond donors (Lipinski definition) is 1. The van der Waals surface area contributed by atoms with Crippen molar-refractivity contribution in [3.8, 4) is 5.75 Å². The summed E-state index contributed by atoms with van der Waals surface area (Å²) in [6.45, 7) is 1.53. The molecular weight excluding hydrogens is 420 g/mol. The highest BCUT2D eigenvalue weighted by Gasteiger charge is 2.23. The number of nitrogens with zero attached hydrogens (tertiary/aromatic N) is 1. The lowest BCUT2D eigenvalue weighted by atomic mass is 10.1. The van der Waals surface area contributed by atoms with E-state index in [1.807, 2.05) is 31.2 Å². The average Bonchev–Trinajstić information content (AvgIpc) is 2.59. The fourth-order valence-corrected chi connectivity index (χ4v) is 3.91. The van der Waals surface area contributed by atoms with Gasteiger partial charge in [0.2, 0.25) is 15.9 Å². The molecule has 2 aromatic carbocycles. The van der Waals surface area contributed by atoms with Crippen molar-refractivity contribution in [3.05, 3.63) is 58.6 Å². The van der Waals surface area contributed by atoms with Gasteiger partial charge in [-0.25, -0.2) is 8.42 Å². The Balaban J connectivity index is 2.13. The second-order valence-corrected chi connectivity index (χ2v) is 8.54. The van der Waals surface area contributed by atoms with E-state index < -0.39 is 15.9 Å². The molecule has 1 atom stereocenters. The third kappa shape index (κ3) is 5.22. The zero-order chi connectivity index (χ0) is 19.3. The standard InChI is InChI=1S/C18H21BrN2O4S/c1-13(14-8-10-15(25-2)11-9-14)20-18(22)12-21(26(3,23)24)17-7-5-4-6-16(17)19/h4-11,13H,12H2,1-3H3,(H,20,22)/t13-/m1/s1. The van der Waals surface area contributed by atoms with Crippen LogP contribution in [0, 0.1) is 0 Å². The summed E-state index contributed by atoms with van der Waals surface area (Å²) in [6.07, 6.45) is 1.08. The molecule has 6 nitrogen and oxygen atoms in total. The Morgan fingerprint density at radius 3 is 2.35 bits per heavy atom. The van der Waals surface area contributed by atoms with E-state index in [4.69, 9.17) is 4.74 Å². The van der Waals surface area contributed by atoms with Gasteiger partial charge in [0.1, 0.15) is 12.3 Å². The molecule has 0 heterocycles. The predicted molar refractivity (Wildman–Crippen MR) is 106 cm³/mol. The van der Waals surface area contributed by atoms with Crippen LogP contribution in [0.25, 0.3) is 0 Å². The Hall–Kier alpha value is -2.06. The molecule has 1 amide bonds. The predicted octanol–water partition coefficient (Wildman–Crippen LogP) is 3.10. The molecule has 0 spiro atoms. The summed E-state index contributed by atoms with van der Waals surface area (Å²) in [5.41, 5.74) is 1.31. The number of amides is 1. The first kappa shape index (κ1) is 20.3. The monoisotopic (exact) mass is 440 g/mol. The molecule has 140 valence electrons. The zero-order valence-corrected chi connectivity index (χ0v) is 17.2. The number of benzene rings is 2. The van der Waals surface area contributed by atoms with Gasteiger partial charge in [-0.2, -0.15) is 0 Å². The number of hydrogen-bond acceptors (Lipinski definition) is 4. The quantitative estimate of drug-likeness (QED) is 0.717. The number of anilines is 1. The molecule has 0 unspecified atom stereocenters. The molecule has 0 radical (unpaired) electrons. The van der Waals surface area contributed by atoms with Crippen molar-refractivity contribution in [2.75, 3.05) is 24.2 Å². The number of halogens is 1. The minimum atomic E-state index is -3.62. The Labute approximate surface area is 162 Å². The minimum Gasteiger partial charge on any atom is -0.497 e. The van der Waals surface area contributed by atoms with Gasteiger partial charge >= 0.3 is 0 Å². The lowest BCUT2D eigenvalue weighted by Crippen LogP contribution is -2.41. The third-order valence-electron chi connectivity index (χ3n) is 3.80. The van der Waals surface area contributed by atoms with Crippen molar-refractivity contribution in [2.24, 2.45) is 0 Å². The minimum absolute atomic E-state index is 0.269. The molecule has 26 heavy (non-hydrogen) atoms. The molecule has 0 aliphatic heterocycles. The number of nitrogens with one attached hydrogen (secondary N) is 1. The van der Waals surface area contributed by atoms with E-state index >= 15 is 0 Å². The van der Waals surface area contributed by atoms with Gasteiger partial charge in [0.05, 0.1) is 25.1 Å². The molecule has 0 aliphatic carbocycles. The molecule has 1 N–H and O–H groups in total. The summed E-state index contributed by atoms with van der Waals surface area (Å²) in [5.74, 6) is 0.332. The Kier molecular flexibility index (Phi) is 6.66. The first-order valence-corrected chi connectivity index (χ1v) is 10.5. The van der Waals surface area contributed by atoms with Crippen LogP contribution in [-0.4, -0.2) is 34.2 Å². The summed E-state index contributed by atoms with van der Waals surface area (Å²) in [4.78, 5) is 12.4. The number of carbonyl (C=O) groups excluding carboxylic acids is 1. The molecule has 0 aliphatic rings. The third-order valence-corrected chi connectivity index (χ3v) is 5.60. The molecular formula is C18H21BrN2O4S. The van der Waals surface area contributed by atoms with Crippen molar-refractivity contribution in [3.63, 3.8) is 0 Å². The van der Waals surface area contributed by atoms with E-state index in [0.29, 0.717) is 10.2 Å². The molecule has 2 rings (SSSR count). The van der Waals surface area contributed by atoms with Gasteiger partial charge in [-0.05, 0) is 52.7 Å². The van der Waals surface area contributed by atoms with Crippen LogP contribution in [0.4, 0.5) is 5.69 Å². The summed E-state index contributed by atoms with van der Waals surface area (Å²) < 4.78 is 31.1. The normalized spacial score (nSPS) is 12.3. The highest BCUT2D eigenvalue weighted by molar-refractivity contribution is 9.10. The summed E-state index contributed by atoms with van der Waals surface area (Å²) >= 11 is 3.33. The zero-order valence-electron chi connectivity index (χ0n) is 14.8. The van der Waals surface area contributed by atoms with Crippen LogP contribution < -0.4 is 14.4 Å². The molecule has 8 heteroatoms. The molecule has 0 aromatic heterocycles. The smallest absolute Gasteiger partial charge is 0.241 e. The van der Waals surface area contributed by atoms with Crippen LogP contribution in [0.2, 0.25) is 0 Å². The van der Waals surface area contributed by atoms with Gasteiger partial charge in [-0.3, -0.25) is 9.10 Å². The Morgan fingerprint density at radius 1 is 1.19 bits per heavy atom. The SMILES string of the molecule is COc1ccc([C@@H](C)NC(=O)CN(c2ccccc2Br)S(C)(=O)=O)cc1. The molecule has 0 saturated heterocycles. The maximum absolute atomic E-state index is 12.4. The van der Waals surface area contributed by atoms with Crippen molar-refractivity contribution >= 4 is 37.5 Å². The first-order chi connectivity index (χ1) is 12.2. The van der Waals surface area contributed by atoms with Gasteiger partial charge in [0, 0.05) is 4.47 Å². The van der Waals surface area contributed by atoms with Crippen molar-refractivity contribution in [1.82, 2.24) is 5.32 Å². The van der Waals surface area contributed by atoms with Gasteiger partial charge in [0.15, 0.2) is 0 Å². The topological polar surface area (TPSA) is 75.7 Å². The number of sulfonamides is 1. The Bertz CT molecular complexity index is 869. The summed E-state index contributed by atoms with van der Waals surface area (Å²) in [5, 5.41) is 2.82. The van der Waals surface area contributed by atoms with E-state index in [-0.39, 0.29) is 12.6 Å². The molecule has 2 aromatic rings. The van der Waals surface area contributed by atoms with E-state index in [2.05, 4.69) is 21.2 Å². The van der Waals surface area contributed by atoms with E-state index in [0.717, 1.165) is 21.9 Å². The van der Waals surface area contributed by atoms with E-state index in [1.54, 1.807) is 31.4 Å². The molecule has 0 bridgehead atoms. The fraction of sp³-hybridized carbons (Fsp3) is 0.278. The van der Waals surface area contributed by atoms with Gasteiger partial charge in [0.25, 0.3) is 0 Å². The summed E-state index contributed by atoms with van der Waals surface area (Å²) in [7, 11) is -2.03. The highest BCUT2D eigenvalue weighted by atomic mass is 79.9. The average molecular weight is 441 g/mol. The number of methoxy groups -OCH3 is 1. The first-order valence-electron chi connectivity index (χ1n) is 7.88. The maximum Gasteiger partial charge on any atom is 0.241 e. The van der Waals surface area contributed by atoms with Crippen LogP contribution >= 0.6 is 15.9 Å². The second kappa shape index (κ2) is 8.55. The van der Waals surface area contributed by atoms with Crippen LogP contribution in [0.15, 0.2) is 53.0 Å². The lowest BCUT2D eigenvalue weighted by molar-refractivity contribution is -0.120. The van der Waals surface area contributed by atoms with E-state index in [9.17, 15) is 13.2 Å². The van der Waals surface area contributed by atoms with Crippen LogP contribution in [-0.2, 0) is 14.8 Å². The molecule has 0 saturated carbocycles. The number of rotatable bonds is 7. The largest absolute Gasteiger partial charge is 0.497 e. The fourth-order valence-electron chi connectivity index (χ4n) is 2.43. The van der Waals surface area contributed by atoms with Crippen LogP contribution in [0.1, 0.15) is 18.5 Å². The second-order valence-electron chi connectivity index (χ2n) is 5.78. The number of para-hydroxylation sites is 1. The van der Waals surface area contributed by atoms with Gasteiger partial charge < -0.3 is 10.1 Å². The number of ether oxygens (including phenoxy) is 1. The van der Waals surface area contributed by atoms with Crippen molar-refractivity contribution in [1.29, 1.82) is 0 Å². The Morgan fingerprint density at radius 2 is 1.81 bits per heavy atom. The van der Waals surface area contributed by atoms with Crippen molar-refractivity contribution in [2.45, 2.75) is 13.0 Å². The van der Waals surface area contributed by atoms with Gasteiger partial charge in [-0.15, -0.1) is 0 Å². The van der Waals surface area contributed by atoms with Crippen LogP contribution in [0.3, 0.4) is 0 Å². The number of carbonyl (C=O) groups is 1. The highest BCUT2D eigenvalue weighted by Crippen LogP contribution is 2.27. The van der Waals surface area contributed by atoms with Crippen LogP contribution in [0.5, 0.6) is 5.75 Å². The maximum atomic E-state index is 12.4. The summed E-state index contributed by atoms with van der Waals surface area (Å²) in [6, 6.07) is 13.9. The van der Waals surface area contributed by atoms with Gasteiger partial charge in [-0.1, -0.05) is 24.3 Å². The molecule has 0 fully saturated rings. The van der Waals surface area contributed by atoms with Crippen molar-refractivity contribution < 1.29 is 17.9 Å². The lowest BCUT2D eigenvalue weighted by Gasteiger charge is -2.24.